The van der Waals surface area contributed by atoms with Crippen molar-refractivity contribution in [3.63, 3.8) is 0 Å². The molecule has 1 aliphatic rings. The van der Waals surface area contributed by atoms with Crippen LogP contribution in [0.25, 0.3) is 6.08 Å². The number of rotatable bonds is 12. The second-order valence-electron chi connectivity index (χ2n) is 10.6. The van der Waals surface area contributed by atoms with E-state index in [0.717, 1.165) is 23.3 Å². The molecular weight excluding hydrogens is 581 g/mol. The van der Waals surface area contributed by atoms with Gasteiger partial charge < -0.3 is 19.9 Å². The average molecular weight is 615 g/mol. The van der Waals surface area contributed by atoms with Crippen molar-refractivity contribution in [3.05, 3.63) is 143 Å². The first-order valence-electron chi connectivity index (χ1n) is 14.6. The van der Waals surface area contributed by atoms with Crippen LogP contribution >= 0.6 is 0 Å². The molecule has 4 aromatic carbocycles. The smallest absolute Gasteiger partial charge is 0.416 e. The van der Waals surface area contributed by atoms with Crippen LogP contribution in [0.15, 0.2) is 120 Å². The van der Waals surface area contributed by atoms with E-state index in [0.29, 0.717) is 29.9 Å². The van der Waals surface area contributed by atoms with Gasteiger partial charge in [-0.25, -0.2) is 4.99 Å². The molecule has 0 saturated heterocycles. The van der Waals surface area contributed by atoms with Gasteiger partial charge in [-0.2, -0.15) is 13.2 Å². The van der Waals surface area contributed by atoms with E-state index in [1.165, 1.54) is 12.1 Å². The fourth-order valence-corrected chi connectivity index (χ4v) is 5.07. The van der Waals surface area contributed by atoms with Crippen molar-refractivity contribution in [1.29, 1.82) is 0 Å². The maximum Gasteiger partial charge on any atom is 0.416 e. The Kier molecular flexibility index (Phi) is 9.99. The van der Waals surface area contributed by atoms with Gasteiger partial charge in [0.15, 0.2) is 11.6 Å². The first-order chi connectivity index (χ1) is 21.8. The van der Waals surface area contributed by atoms with Gasteiger partial charge in [0.05, 0.1) is 12.2 Å². The van der Waals surface area contributed by atoms with Crippen LogP contribution in [0.1, 0.15) is 46.8 Å². The number of hydrogen-bond donors (Lipinski definition) is 2. The molecule has 0 radical (unpaired) electrons. The predicted octanol–water partition coefficient (Wildman–Crippen LogP) is 7.14. The SMILES string of the molecule is O=C(NCc1cccc(C(F)(F)F)c1)[C@]1(C/C=C/c2ccccc2)N=C(c2ccc(OCCCO)cc2)O[C@@H]1c1ccccc1. The Bertz CT molecular complexity index is 1620. The molecule has 45 heavy (non-hydrogen) atoms. The van der Waals surface area contributed by atoms with Crippen molar-refractivity contribution in [2.75, 3.05) is 13.2 Å². The van der Waals surface area contributed by atoms with E-state index in [9.17, 15) is 18.0 Å². The van der Waals surface area contributed by atoms with Gasteiger partial charge >= 0.3 is 6.18 Å². The summed E-state index contributed by atoms with van der Waals surface area (Å²) < 4.78 is 52.2. The average Bonchev–Trinajstić information content (AvgIpc) is 3.45. The molecule has 0 bridgehead atoms. The number of halogens is 3. The minimum Gasteiger partial charge on any atom is -0.494 e. The molecule has 1 amide bonds. The third kappa shape index (κ3) is 7.80. The highest BCUT2D eigenvalue weighted by atomic mass is 19.4. The molecule has 232 valence electrons. The van der Waals surface area contributed by atoms with Gasteiger partial charge in [-0.05, 0) is 53.1 Å². The Morgan fingerprint density at radius 2 is 1.67 bits per heavy atom. The number of aliphatic imine (C=N–C) groups is 1. The number of hydrogen-bond acceptors (Lipinski definition) is 5. The highest BCUT2D eigenvalue weighted by Crippen LogP contribution is 2.43. The van der Waals surface area contributed by atoms with Crippen LogP contribution in [0.4, 0.5) is 13.2 Å². The lowest BCUT2D eigenvalue weighted by Gasteiger charge is -2.30. The number of aliphatic hydroxyl groups is 1. The van der Waals surface area contributed by atoms with E-state index < -0.39 is 29.3 Å². The minimum atomic E-state index is -4.50. The number of aliphatic hydroxyl groups excluding tert-OH is 1. The largest absolute Gasteiger partial charge is 0.494 e. The fourth-order valence-electron chi connectivity index (χ4n) is 5.07. The first kappa shape index (κ1) is 31.5. The quantitative estimate of drug-likeness (QED) is 0.166. The van der Waals surface area contributed by atoms with Crippen LogP contribution in [-0.4, -0.2) is 35.7 Å². The molecule has 2 N–H and O–H groups in total. The molecule has 0 aliphatic carbocycles. The molecule has 9 heteroatoms. The van der Waals surface area contributed by atoms with Gasteiger partial charge in [0.2, 0.25) is 5.90 Å². The Balaban J connectivity index is 1.50. The molecule has 4 aromatic rings. The molecule has 1 aliphatic heterocycles. The summed E-state index contributed by atoms with van der Waals surface area (Å²) in [5, 5.41) is 11.9. The Labute approximate surface area is 259 Å². The molecule has 6 nitrogen and oxygen atoms in total. The topological polar surface area (TPSA) is 80.2 Å². The van der Waals surface area contributed by atoms with Crippen molar-refractivity contribution in [1.82, 2.24) is 5.32 Å². The number of carbonyl (C=O) groups excluding carboxylic acids is 1. The van der Waals surface area contributed by atoms with Gasteiger partial charge in [-0.3, -0.25) is 4.79 Å². The number of nitrogens with zero attached hydrogens (tertiary/aromatic N) is 1. The van der Waals surface area contributed by atoms with Crippen LogP contribution in [0, 0.1) is 0 Å². The minimum absolute atomic E-state index is 0.0280. The Morgan fingerprint density at radius 1 is 0.956 bits per heavy atom. The molecule has 1 heterocycles. The third-order valence-corrected chi connectivity index (χ3v) is 7.38. The van der Waals surface area contributed by atoms with Crippen LogP contribution < -0.4 is 10.1 Å². The van der Waals surface area contributed by atoms with E-state index in [-0.39, 0.29) is 25.5 Å². The van der Waals surface area contributed by atoms with Crippen molar-refractivity contribution >= 4 is 17.9 Å². The Hall–Kier alpha value is -4.89. The number of carbonyl (C=O) groups is 1. The lowest BCUT2D eigenvalue weighted by atomic mass is 9.84. The van der Waals surface area contributed by atoms with Gasteiger partial charge in [0.1, 0.15) is 5.75 Å². The molecule has 2 atom stereocenters. The van der Waals surface area contributed by atoms with Gasteiger partial charge in [-0.1, -0.05) is 84.9 Å². The van der Waals surface area contributed by atoms with Crippen molar-refractivity contribution in [2.24, 2.45) is 4.99 Å². The summed E-state index contributed by atoms with van der Waals surface area (Å²) in [7, 11) is 0. The summed E-state index contributed by atoms with van der Waals surface area (Å²) in [6, 6.07) is 30.9. The third-order valence-electron chi connectivity index (χ3n) is 7.38. The lowest BCUT2D eigenvalue weighted by Crippen LogP contribution is -2.47. The number of alkyl halides is 3. The van der Waals surface area contributed by atoms with E-state index in [2.05, 4.69) is 5.32 Å². The van der Waals surface area contributed by atoms with Crippen molar-refractivity contribution < 1.29 is 32.5 Å². The van der Waals surface area contributed by atoms with Crippen LogP contribution in [0.5, 0.6) is 5.75 Å². The number of ether oxygens (including phenoxy) is 2. The highest BCUT2D eigenvalue weighted by molar-refractivity contribution is 6.01. The number of benzene rings is 4. The van der Waals surface area contributed by atoms with Gasteiger partial charge in [-0.15, -0.1) is 0 Å². The normalized spacial score (nSPS) is 18.0. The lowest BCUT2D eigenvalue weighted by molar-refractivity contribution is -0.137. The summed E-state index contributed by atoms with van der Waals surface area (Å²) in [5.74, 6) is 0.389. The fraction of sp³-hybridized carbons (Fsp3) is 0.222. The van der Waals surface area contributed by atoms with E-state index >= 15 is 0 Å². The standard InChI is InChI=1S/C36H33F3N2O4/c37-36(38,39)30-16-7-12-27(24-30)25-40-34(43)35(21-8-13-26-10-3-1-4-11-26)32(28-14-5-2-6-15-28)45-33(41-35)29-17-19-31(20-18-29)44-23-9-22-42/h1-8,10-20,24,32,42H,9,21-23,25H2,(H,40,43)/b13-8+/t32-,35-/m1/s1. The number of nitrogens with one attached hydrogen (secondary N) is 1. The summed E-state index contributed by atoms with van der Waals surface area (Å²) in [6.45, 7) is 0.270. The van der Waals surface area contributed by atoms with Gasteiger partial charge in [0, 0.05) is 31.6 Å². The molecule has 0 fully saturated rings. The van der Waals surface area contributed by atoms with Crippen LogP contribution in [-0.2, 0) is 22.3 Å². The zero-order chi connectivity index (χ0) is 31.7. The predicted molar refractivity (Wildman–Crippen MR) is 167 cm³/mol. The zero-order valence-electron chi connectivity index (χ0n) is 24.4. The van der Waals surface area contributed by atoms with Crippen molar-refractivity contribution in [2.45, 2.75) is 37.2 Å². The summed E-state index contributed by atoms with van der Waals surface area (Å²) >= 11 is 0. The maximum absolute atomic E-state index is 14.2. The molecule has 0 aromatic heterocycles. The second kappa shape index (κ2) is 14.3. The van der Waals surface area contributed by atoms with E-state index in [4.69, 9.17) is 19.6 Å². The van der Waals surface area contributed by atoms with E-state index in [1.54, 1.807) is 24.3 Å². The summed E-state index contributed by atoms with van der Waals surface area (Å²) in [4.78, 5) is 19.2. The van der Waals surface area contributed by atoms with Crippen LogP contribution in [0.2, 0.25) is 0 Å². The van der Waals surface area contributed by atoms with Gasteiger partial charge in [0.25, 0.3) is 5.91 Å². The zero-order valence-corrected chi connectivity index (χ0v) is 24.4. The molecule has 0 spiro atoms. The number of amides is 1. The molecule has 5 rings (SSSR count). The molecule has 0 unspecified atom stereocenters. The summed E-state index contributed by atoms with van der Waals surface area (Å²) in [6.07, 6.45) is -0.901. The first-order valence-corrected chi connectivity index (χ1v) is 14.6. The molecular formula is C36H33F3N2O4. The second-order valence-corrected chi connectivity index (χ2v) is 10.6. The monoisotopic (exact) mass is 614 g/mol. The maximum atomic E-state index is 14.2. The van der Waals surface area contributed by atoms with Crippen molar-refractivity contribution in [3.8, 4) is 5.75 Å². The summed E-state index contributed by atoms with van der Waals surface area (Å²) in [5.41, 5.74) is 0.343. The highest BCUT2D eigenvalue weighted by Gasteiger charge is 2.52. The Morgan fingerprint density at radius 3 is 2.36 bits per heavy atom. The molecule has 0 saturated carbocycles. The van der Waals surface area contributed by atoms with Crippen LogP contribution in [0.3, 0.4) is 0 Å². The van der Waals surface area contributed by atoms with E-state index in [1.807, 2.05) is 72.8 Å².